The number of nitrogens with zero attached hydrogens (tertiary/aromatic N) is 1. The SMILES string of the molecule is CC(C)(C)c1ccccc1OC1CCN(C(=O)c2ccc[nH]c2=O)CC1. The number of aromatic nitrogens is 1. The van der Waals surface area contributed by atoms with Crippen LogP contribution in [0, 0.1) is 0 Å². The van der Waals surface area contributed by atoms with Crippen molar-refractivity contribution >= 4 is 5.91 Å². The Morgan fingerprint density at radius 3 is 2.46 bits per heavy atom. The molecule has 1 aliphatic rings. The molecule has 0 spiro atoms. The number of hydrogen-bond acceptors (Lipinski definition) is 3. The van der Waals surface area contributed by atoms with Gasteiger partial charge in [-0.05, 0) is 29.2 Å². The predicted octanol–water partition coefficient (Wildman–Crippen LogP) is 3.36. The summed E-state index contributed by atoms with van der Waals surface area (Å²) in [5, 5.41) is 0. The first-order valence-electron chi connectivity index (χ1n) is 9.09. The largest absolute Gasteiger partial charge is 0.490 e. The molecule has 0 unspecified atom stereocenters. The van der Waals surface area contributed by atoms with Crippen molar-refractivity contribution in [3.63, 3.8) is 0 Å². The van der Waals surface area contributed by atoms with Crippen molar-refractivity contribution in [1.29, 1.82) is 0 Å². The second-order valence-electron chi connectivity index (χ2n) is 7.77. The molecule has 1 aliphatic heterocycles. The van der Waals surface area contributed by atoms with Crippen LogP contribution in [0.2, 0.25) is 0 Å². The molecule has 1 fully saturated rings. The number of amides is 1. The van der Waals surface area contributed by atoms with Crippen LogP contribution >= 0.6 is 0 Å². The van der Waals surface area contributed by atoms with Crippen LogP contribution in [-0.4, -0.2) is 35.0 Å². The summed E-state index contributed by atoms with van der Waals surface area (Å²) in [7, 11) is 0. The molecule has 5 nitrogen and oxygen atoms in total. The van der Waals surface area contributed by atoms with Gasteiger partial charge in [-0.2, -0.15) is 0 Å². The van der Waals surface area contributed by atoms with Gasteiger partial charge in [-0.25, -0.2) is 0 Å². The molecule has 5 heteroatoms. The predicted molar refractivity (Wildman–Crippen MR) is 102 cm³/mol. The summed E-state index contributed by atoms with van der Waals surface area (Å²) >= 11 is 0. The molecule has 1 N–H and O–H groups in total. The monoisotopic (exact) mass is 354 g/mol. The van der Waals surface area contributed by atoms with Crippen LogP contribution in [0.5, 0.6) is 5.75 Å². The molecule has 1 saturated heterocycles. The lowest BCUT2D eigenvalue weighted by atomic mass is 9.86. The summed E-state index contributed by atoms with van der Waals surface area (Å²) in [6, 6.07) is 11.4. The number of carbonyl (C=O) groups excluding carboxylic acids is 1. The van der Waals surface area contributed by atoms with E-state index in [0.29, 0.717) is 13.1 Å². The second kappa shape index (κ2) is 7.36. The summed E-state index contributed by atoms with van der Waals surface area (Å²) in [5.74, 6) is 0.713. The van der Waals surface area contributed by atoms with Crippen molar-refractivity contribution < 1.29 is 9.53 Å². The fraction of sp³-hybridized carbons (Fsp3) is 0.429. The van der Waals surface area contributed by atoms with Gasteiger partial charge in [-0.3, -0.25) is 9.59 Å². The zero-order chi connectivity index (χ0) is 18.7. The quantitative estimate of drug-likeness (QED) is 0.919. The van der Waals surface area contributed by atoms with Crippen molar-refractivity contribution in [2.75, 3.05) is 13.1 Å². The van der Waals surface area contributed by atoms with E-state index >= 15 is 0 Å². The minimum atomic E-state index is -0.338. The number of carbonyl (C=O) groups is 1. The molecule has 0 bridgehead atoms. The number of nitrogens with one attached hydrogen (secondary N) is 1. The third kappa shape index (κ3) is 3.98. The lowest BCUT2D eigenvalue weighted by Crippen LogP contribution is -2.43. The molecular weight excluding hydrogens is 328 g/mol. The first-order valence-corrected chi connectivity index (χ1v) is 9.09. The van der Waals surface area contributed by atoms with Gasteiger partial charge in [-0.1, -0.05) is 39.0 Å². The molecule has 0 radical (unpaired) electrons. The Bertz CT molecular complexity index is 827. The number of benzene rings is 1. The average molecular weight is 354 g/mol. The van der Waals surface area contributed by atoms with Crippen molar-refractivity contribution in [3.8, 4) is 5.75 Å². The average Bonchev–Trinajstić information content (AvgIpc) is 2.62. The van der Waals surface area contributed by atoms with Gasteiger partial charge in [-0.15, -0.1) is 0 Å². The van der Waals surface area contributed by atoms with Gasteiger partial charge in [0.1, 0.15) is 17.4 Å². The van der Waals surface area contributed by atoms with Gasteiger partial charge in [0.15, 0.2) is 0 Å². The number of H-pyrrole nitrogens is 1. The molecule has 2 aromatic rings. The van der Waals surface area contributed by atoms with Crippen molar-refractivity contribution in [2.24, 2.45) is 0 Å². The Hall–Kier alpha value is -2.56. The summed E-state index contributed by atoms with van der Waals surface area (Å²) in [4.78, 5) is 28.6. The maximum Gasteiger partial charge on any atom is 0.260 e. The molecule has 1 aromatic heterocycles. The minimum Gasteiger partial charge on any atom is -0.490 e. The molecule has 1 aromatic carbocycles. The number of pyridine rings is 1. The number of para-hydroxylation sites is 1. The normalized spacial score (nSPS) is 15.7. The van der Waals surface area contributed by atoms with Gasteiger partial charge in [0, 0.05) is 32.1 Å². The van der Waals surface area contributed by atoms with E-state index in [1.807, 2.05) is 18.2 Å². The number of ether oxygens (including phenoxy) is 1. The number of piperidine rings is 1. The summed E-state index contributed by atoms with van der Waals surface area (Å²) in [5.41, 5.74) is 1.07. The van der Waals surface area contributed by atoms with Gasteiger partial charge < -0.3 is 14.6 Å². The Morgan fingerprint density at radius 2 is 1.81 bits per heavy atom. The molecule has 1 amide bonds. The van der Waals surface area contributed by atoms with Crippen LogP contribution < -0.4 is 10.3 Å². The van der Waals surface area contributed by atoms with E-state index in [1.165, 1.54) is 11.8 Å². The summed E-state index contributed by atoms with van der Waals surface area (Å²) < 4.78 is 6.26. The third-order valence-corrected chi connectivity index (χ3v) is 4.77. The number of aromatic amines is 1. The molecule has 0 aliphatic carbocycles. The fourth-order valence-electron chi connectivity index (χ4n) is 3.31. The topological polar surface area (TPSA) is 62.4 Å². The first-order chi connectivity index (χ1) is 12.4. The van der Waals surface area contributed by atoms with E-state index in [-0.39, 0.29) is 28.5 Å². The standard InChI is InChI=1S/C21H26N2O3/c1-21(2,3)17-8-4-5-9-18(17)26-15-10-13-23(14-11-15)20(25)16-7-6-12-22-19(16)24/h4-9,12,15H,10-11,13-14H2,1-3H3,(H,22,24). The summed E-state index contributed by atoms with van der Waals surface area (Å²) in [6.07, 6.45) is 3.13. The zero-order valence-electron chi connectivity index (χ0n) is 15.6. The summed E-state index contributed by atoms with van der Waals surface area (Å²) in [6.45, 7) is 7.71. The molecule has 138 valence electrons. The van der Waals surface area contributed by atoms with Gasteiger partial charge in [0.25, 0.3) is 11.5 Å². The first kappa shape index (κ1) is 18.2. The van der Waals surface area contributed by atoms with Gasteiger partial charge >= 0.3 is 0 Å². The number of rotatable bonds is 3. The minimum absolute atomic E-state index is 0.0155. The fourth-order valence-corrected chi connectivity index (χ4v) is 3.31. The Labute approximate surface area is 154 Å². The molecule has 0 atom stereocenters. The lowest BCUT2D eigenvalue weighted by Gasteiger charge is -2.33. The van der Waals surface area contributed by atoms with Crippen LogP contribution in [0.15, 0.2) is 47.4 Å². The van der Waals surface area contributed by atoms with E-state index < -0.39 is 0 Å². The Kier molecular flexibility index (Phi) is 5.16. The smallest absolute Gasteiger partial charge is 0.260 e. The highest BCUT2D eigenvalue weighted by Gasteiger charge is 2.27. The van der Waals surface area contributed by atoms with E-state index in [0.717, 1.165) is 18.6 Å². The Morgan fingerprint density at radius 1 is 1.12 bits per heavy atom. The molecule has 3 rings (SSSR count). The van der Waals surface area contributed by atoms with Gasteiger partial charge in [0.2, 0.25) is 0 Å². The van der Waals surface area contributed by atoms with Crippen LogP contribution in [0.25, 0.3) is 0 Å². The Balaban J connectivity index is 1.64. The van der Waals surface area contributed by atoms with Crippen LogP contribution in [0.4, 0.5) is 0 Å². The molecule has 2 heterocycles. The van der Waals surface area contributed by atoms with Crippen molar-refractivity contribution in [1.82, 2.24) is 9.88 Å². The van der Waals surface area contributed by atoms with Crippen LogP contribution in [0.1, 0.15) is 49.5 Å². The van der Waals surface area contributed by atoms with E-state index in [9.17, 15) is 9.59 Å². The van der Waals surface area contributed by atoms with Crippen molar-refractivity contribution in [2.45, 2.75) is 45.1 Å². The van der Waals surface area contributed by atoms with E-state index in [4.69, 9.17) is 4.74 Å². The number of likely N-dealkylation sites (tertiary alicyclic amines) is 1. The molecule has 0 saturated carbocycles. The van der Waals surface area contributed by atoms with E-state index in [1.54, 1.807) is 17.0 Å². The molecular formula is C21H26N2O3. The maximum atomic E-state index is 12.5. The molecule has 26 heavy (non-hydrogen) atoms. The second-order valence-corrected chi connectivity index (χ2v) is 7.77. The third-order valence-electron chi connectivity index (χ3n) is 4.77. The van der Waals surface area contributed by atoms with Gasteiger partial charge in [0.05, 0.1) is 0 Å². The van der Waals surface area contributed by atoms with Crippen molar-refractivity contribution in [3.05, 3.63) is 64.1 Å². The maximum absolute atomic E-state index is 12.5. The zero-order valence-corrected chi connectivity index (χ0v) is 15.6. The highest BCUT2D eigenvalue weighted by atomic mass is 16.5. The lowest BCUT2D eigenvalue weighted by molar-refractivity contribution is 0.0591. The highest BCUT2D eigenvalue weighted by molar-refractivity contribution is 5.93. The van der Waals surface area contributed by atoms with Crippen LogP contribution in [0.3, 0.4) is 0 Å². The number of hydrogen-bond donors (Lipinski definition) is 1. The van der Waals surface area contributed by atoms with Crippen LogP contribution in [-0.2, 0) is 5.41 Å². The van der Waals surface area contributed by atoms with E-state index in [2.05, 4.69) is 31.8 Å². The highest BCUT2D eigenvalue weighted by Crippen LogP contribution is 2.32.